The average molecular weight is 357 g/mol. The molecule has 1 atom stereocenters. The first-order valence-corrected chi connectivity index (χ1v) is 10.5. The summed E-state index contributed by atoms with van der Waals surface area (Å²) in [4.78, 5) is 26.4. The minimum Gasteiger partial charge on any atom is -0.342 e. The standard InChI is InChI=1S/C21H32N4O/c1-21(9-3-2-4-10-21)19(26)25-15-8-18(16-25)17-6-13-24(14-7-17)20-22-11-5-12-23-20/h5,11-12,17-18H,2-4,6-10,13-16H2,1H3. The van der Waals surface area contributed by atoms with Crippen molar-refractivity contribution in [2.75, 3.05) is 31.1 Å². The fourth-order valence-corrected chi connectivity index (χ4v) is 5.31. The Morgan fingerprint density at radius 1 is 1.00 bits per heavy atom. The third-order valence-corrected chi connectivity index (χ3v) is 7.03. The molecule has 5 heteroatoms. The molecule has 1 amide bonds. The van der Waals surface area contributed by atoms with Crippen LogP contribution in [0.15, 0.2) is 18.5 Å². The van der Waals surface area contributed by atoms with Crippen molar-refractivity contribution in [1.29, 1.82) is 0 Å². The van der Waals surface area contributed by atoms with Crippen LogP contribution in [0.25, 0.3) is 0 Å². The summed E-state index contributed by atoms with van der Waals surface area (Å²) in [5, 5.41) is 0. The lowest BCUT2D eigenvalue weighted by Crippen LogP contribution is -2.43. The number of hydrogen-bond acceptors (Lipinski definition) is 4. The van der Waals surface area contributed by atoms with Crippen LogP contribution in [0.3, 0.4) is 0 Å². The van der Waals surface area contributed by atoms with Gasteiger partial charge >= 0.3 is 0 Å². The molecular formula is C21H32N4O. The Morgan fingerprint density at radius 3 is 2.35 bits per heavy atom. The molecule has 142 valence electrons. The van der Waals surface area contributed by atoms with Gasteiger partial charge in [-0.15, -0.1) is 0 Å². The van der Waals surface area contributed by atoms with Gasteiger partial charge in [0.05, 0.1) is 0 Å². The van der Waals surface area contributed by atoms with Crippen LogP contribution in [0, 0.1) is 17.3 Å². The molecule has 2 saturated heterocycles. The Kier molecular flexibility index (Phi) is 5.14. The molecule has 1 saturated carbocycles. The molecule has 0 N–H and O–H groups in total. The lowest BCUT2D eigenvalue weighted by atomic mass is 9.74. The van der Waals surface area contributed by atoms with Crippen LogP contribution in [0.2, 0.25) is 0 Å². The second kappa shape index (κ2) is 7.53. The van der Waals surface area contributed by atoms with E-state index in [-0.39, 0.29) is 5.41 Å². The maximum absolute atomic E-state index is 13.1. The van der Waals surface area contributed by atoms with Gasteiger partial charge in [0, 0.05) is 44.0 Å². The molecule has 2 aliphatic heterocycles. The molecule has 4 rings (SSSR count). The van der Waals surface area contributed by atoms with Gasteiger partial charge in [0.15, 0.2) is 0 Å². The zero-order chi connectivity index (χ0) is 18.0. The quantitative estimate of drug-likeness (QED) is 0.831. The largest absolute Gasteiger partial charge is 0.342 e. The van der Waals surface area contributed by atoms with Crippen LogP contribution in [0.4, 0.5) is 5.95 Å². The summed E-state index contributed by atoms with van der Waals surface area (Å²) in [5.41, 5.74) is -0.0822. The van der Waals surface area contributed by atoms with Gasteiger partial charge in [0.2, 0.25) is 11.9 Å². The van der Waals surface area contributed by atoms with E-state index in [2.05, 4.69) is 26.7 Å². The fraction of sp³-hybridized carbons (Fsp3) is 0.762. The lowest BCUT2D eigenvalue weighted by molar-refractivity contribution is -0.142. The number of amides is 1. The second-order valence-corrected chi connectivity index (χ2v) is 8.79. The van der Waals surface area contributed by atoms with Gasteiger partial charge in [-0.2, -0.15) is 0 Å². The van der Waals surface area contributed by atoms with Crippen LogP contribution in [0.5, 0.6) is 0 Å². The monoisotopic (exact) mass is 356 g/mol. The van der Waals surface area contributed by atoms with Gasteiger partial charge in [0.25, 0.3) is 0 Å². The summed E-state index contributed by atoms with van der Waals surface area (Å²) >= 11 is 0. The number of likely N-dealkylation sites (tertiary alicyclic amines) is 1. The molecule has 0 bridgehead atoms. The summed E-state index contributed by atoms with van der Waals surface area (Å²) in [7, 11) is 0. The highest BCUT2D eigenvalue weighted by Crippen LogP contribution is 2.40. The van der Waals surface area contributed by atoms with Gasteiger partial charge in [-0.1, -0.05) is 26.2 Å². The topological polar surface area (TPSA) is 49.3 Å². The fourth-order valence-electron chi connectivity index (χ4n) is 5.31. The number of aromatic nitrogens is 2. The van der Waals surface area contributed by atoms with Crippen LogP contribution < -0.4 is 4.90 Å². The van der Waals surface area contributed by atoms with Crippen molar-refractivity contribution in [2.45, 2.75) is 58.3 Å². The molecule has 5 nitrogen and oxygen atoms in total. The summed E-state index contributed by atoms with van der Waals surface area (Å²) in [6.45, 7) is 6.25. The molecule has 3 aliphatic rings. The molecule has 1 aromatic rings. The first kappa shape index (κ1) is 17.7. The van der Waals surface area contributed by atoms with Gasteiger partial charge in [-0.25, -0.2) is 9.97 Å². The van der Waals surface area contributed by atoms with Gasteiger partial charge in [-0.3, -0.25) is 4.79 Å². The molecule has 1 unspecified atom stereocenters. The van der Waals surface area contributed by atoms with Crippen molar-refractivity contribution in [3.8, 4) is 0 Å². The van der Waals surface area contributed by atoms with Crippen molar-refractivity contribution >= 4 is 11.9 Å². The van der Waals surface area contributed by atoms with Crippen molar-refractivity contribution < 1.29 is 4.79 Å². The smallest absolute Gasteiger partial charge is 0.228 e. The number of rotatable bonds is 3. The normalized spacial score (nSPS) is 26.9. The highest BCUT2D eigenvalue weighted by atomic mass is 16.2. The van der Waals surface area contributed by atoms with E-state index in [0.29, 0.717) is 11.8 Å². The summed E-state index contributed by atoms with van der Waals surface area (Å²) in [6, 6.07) is 1.87. The predicted molar refractivity (Wildman–Crippen MR) is 103 cm³/mol. The number of piperidine rings is 1. The maximum Gasteiger partial charge on any atom is 0.228 e. The third kappa shape index (κ3) is 3.58. The van der Waals surface area contributed by atoms with E-state index in [1.165, 1.54) is 38.5 Å². The summed E-state index contributed by atoms with van der Waals surface area (Å²) < 4.78 is 0. The van der Waals surface area contributed by atoms with E-state index in [1.807, 2.05) is 18.5 Å². The number of anilines is 1. The molecule has 3 heterocycles. The molecule has 0 aromatic carbocycles. The average Bonchev–Trinajstić information content (AvgIpc) is 3.19. The molecule has 0 radical (unpaired) electrons. The second-order valence-electron chi connectivity index (χ2n) is 8.79. The number of hydrogen-bond donors (Lipinski definition) is 0. The van der Waals surface area contributed by atoms with Crippen LogP contribution in [-0.2, 0) is 4.79 Å². The Bertz CT molecular complexity index is 606. The molecule has 0 spiro atoms. The van der Waals surface area contributed by atoms with Crippen molar-refractivity contribution in [3.05, 3.63) is 18.5 Å². The molecule has 1 aliphatic carbocycles. The van der Waals surface area contributed by atoms with Crippen molar-refractivity contribution in [2.24, 2.45) is 17.3 Å². The van der Waals surface area contributed by atoms with Gasteiger partial charge < -0.3 is 9.80 Å². The Balaban J connectivity index is 1.30. The number of nitrogens with zero attached hydrogens (tertiary/aromatic N) is 4. The molecule has 1 aromatic heterocycles. The maximum atomic E-state index is 13.1. The molecular weight excluding hydrogens is 324 g/mol. The van der Waals surface area contributed by atoms with E-state index in [4.69, 9.17) is 0 Å². The summed E-state index contributed by atoms with van der Waals surface area (Å²) in [5.74, 6) is 2.73. The Labute approximate surface area is 157 Å². The Morgan fingerprint density at radius 2 is 1.65 bits per heavy atom. The first-order chi connectivity index (χ1) is 12.7. The highest BCUT2D eigenvalue weighted by molar-refractivity contribution is 5.82. The van der Waals surface area contributed by atoms with Crippen LogP contribution in [-0.4, -0.2) is 47.0 Å². The van der Waals surface area contributed by atoms with Crippen LogP contribution in [0.1, 0.15) is 58.3 Å². The minimum absolute atomic E-state index is 0.0822. The number of carbonyl (C=O) groups is 1. The van der Waals surface area contributed by atoms with E-state index < -0.39 is 0 Å². The van der Waals surface area contributed by atoms with E-state index in [9.17, 15) is 4.79 Å². The van der Waals surface area contributed by atoms with Gasteiger partial charge in [-0.05, 0) is 50.0 Å². The molecule has 3 fully saturated rings. The first-order valence-electron chi connectivity index (χ1n) is 10.5. The molecule has 26 heavy (non-hydrogen) atoms. The van der Waals surface area contributed by atoms with Crippen LogP contribution >= 0.6 is 0 Å². The minimum atomic E-state index is -0.0822. The SMILES string of the molecule is CC1(C(=O)N2CCC(C3CCN(c4ncccn4)CC3)C2)CCCCC1. The predicted octanol–water partition coefficient (Wildman–Crippen LogP) is 3.51. The van der Waals surface area contributed by atoms with Crippen molar-refractivity contribution in [1.82, 2.24) is 14.9 Å². The zero-order valence-electron chi connectivity index (χ0n) is 16.1. The Hall–Kier alpha value is -1.65. The van der Waals surface area contributed by atoms with Crippen molar-refractivity contribution in [3.63, 3.8) is 0 Å². The van der Waals surface area contributed by atoms with Gasteiger partial charge in [0.1, 0.15) is 0 Å². The highest BCUT2D eigenvalue weighted by Gasteiger charge is 2.41. The number of carbonyl (C=O) groups excluding carboxylic acids is 1. The van der Waals surface area contributed by atoms with E-state index in [1.54, 1.807) is 0 Å². The van der Waals surface area contributed by atoms with E-state index in [0.717, 1.165) is 50.9 Å². The lowest BCUT2D eigenvalue weighted by Gasteiger charge is -2.37. The third-order valence-electron chi connectivity index (χ3n) is 7.03. The zero-order valence-corrected chi connectivity index (χ0v) is 16.1. The van der Waals surface area contributed by atoms with E-state index >= 15 is 0 Å². The summed E-state index contributed by atoms with van der Waals surface area (Å²) in [6.07, 6.45) is 13.1.